The van der Waals surface area contributed by atoms with Crippen molar-refractivity contribution in [3.63, 3.8) is 0 Å². The summed E-state index contributed by atoms with van der Waals surface area (Å²) in [5.74, 6) is 5.99. The fourth-order valence-corrected chi connectivity index (χ4v) is 1.75. The fourth-order valence-electron chi connectivity index (χ4n) is 1.75. The molecular weight excluding hydrogens is 242 g/mol. The highest BCUT2D eigenvalue weighted by Crippen LogP contribution is 2.24. The Morgan fingerprint density at radius 2 is 2.05 bits per heavy atom. The highest BCUT2D eigenvalue weighted by Gasteiger charge is 2.10. The highest BCUT2D eigenvalue weighted by atomic mass is 16.5. The van der Waals surface area contributed by atoms with Crippen molar-refractivity contribution in [2.45, 2.75) is 0 Å². The molecule has 19 heavy (non-hydrogen) atoms. The number of allylic oxidation sites excluding steroid dienone is 1. The first-order valence-electron chi connectivity index (χ1n) is 5.66. The Hall–Kier alpha value is -2.67. The molecule has 4 nitrogen and oxygen atoms in total. The topological polar surface area (TPSA) is 51.3 Å². The molecule has 1 heterocycles. The lowest BCUT2D eigenvalue weighted by molar-refractivity contribution is 0.338. The molecule has 96 valence electrons. The van der Waals surface area contributed by atoms with Gasteiger partial charge in [-0.3, -0.25) is 4.79 Å². The van der Waals surface area contributed by atoms with Crippen molar-refractivity contribution in [3.8, 4) is 17.6 Å². The first kappa shape index (κ1) is 12.8. The van der Waals surface area contributed by atoms with E-state index in [2.05, 4.69) is 16.8 Å². The fraction of sp³-hybridized carbons (Fsp3) is 0.133. The van der Waals surface area contributed by atoms with Gasteiger partial charge >= 0.3 is 0 Å². The minimum absolute atomic E-state index is 0.270. The van der Waals surface area contributed by atoms with E-state index in [1.165, 1.54) is 26.6 Å². The van der Waals surface area contributed by atoms with Crippen LogP contribution in [0.4, 0.5) is 0 Å². The van der Waals surface area contributed by atoms with Crippen molar-refractivity contribution >= 4 is 10.9 Å². The Kier molecular flexibility index (Phi) is 3.89. The minimum Gasteiger partial charge on any atom is -0.504 e. The quantitative estimate of drug-likeness (QED) is 0.660. The number of methoxy groups -OCH3 is 2. The summed E-state index contributed by atoms with van der Waals surface area (Å²) in [6, 6.07) is 7.43. The summed E-state index contributed by atoms with van der Waals surface area (Å²) >= 11 is 0. The van der Waals surface area contributed by atoms with Gasteiger partial charge in [0.1, 0.15) is 11.3 Å². The average Bonchev–Trinajstić information content (AvgIpc) is 2.43. The molecule has 0 spiro atoms. The summed E-state index contributed by atoms with van der Waals surface area (Å²) in [5, 5.41) is 0.824. The van der Waals surface area contributed by atoms with Gasteiger partial charge in [0.25, 0.3) is 5.56 Å². The second-order valence-electron chi connectivity index (χ2n) is 3.72. The van der Waals surface area contributed by atoms with E-state index in [4.69, 9.17) is 9.47 Å². The van der Waals surface area contributed by atoms with Crippen LogP contribution in [0.3, 0.4) is 0 Å². The van der Waals surface area contributed by atoms with Gasteiger partial charge in [-0.25, -0.2) is 0 Å². The Bertz CT molecular complexity index is 732. The number of aromatic amines is 1. The van der Waals surface area contributed by atoms with E-state index < -0.39 is 0 Å². The summed E-state index contributed by atoms with van der Waals surface area (Å²) in [6.45, 7) is 0. The zero-order valence-electron chi connectivity index (χ0n) is 10.7. The lowest BCUT2D eigenvalue weighted by Gasteiger charge is -2.06. The number of para-hydroxylation sites is 1. The molecule has 0 fully saturated rings. The number of benzene rings is 1. The van der Waals surface area contributed by atoms with Crippen molar-refractivity contribution < 1.29 is 9.47 Å². The van der Waals surface area contributed by atoms with Gasteiger partial charge in [-0.1, -0.05) is 24.0 Å². The summed E-state index contributed by atoms with van der Waals surface area (Å²) in [6.07, 6.45) is 2.96. The van der Waals surface area contributed by atoms with Gasteiger partial charge in [0.2, 0.25) is 0 Å². The summed E-state index contributed by atoms with van der Waals surface area (Å²) in [7, 11) is 3.05. The number of rotatable bonds is 2. The molecule has 0 unspecified atom stereocenters. The maximum absolute atomic E-state index is 12.0. The number of fused-ring (bicyclic) bond motifs is 1. The largest absolute Gasteiger partial charge is 0.504 e. The molecule has 0 radical (unpaired) electrons. The normalized spacial score (nSPS) is 10.2. The van der Waals surface area contributed by atoms with E-state index in [1.807, 2.05) is 24.3 Å². The Morgan fingerprint density at radius 3 is 2.79 bits per heavy atom. The number of hydrogen-bond acceptors (Lipinski definition) is 3. The Balaban J connectivity index is 2.65. The second kappa shape index (κ2) is 5.78. The van der Waals surface area contributed by atoms with Gasteiger partial charge in [-0.2, -0.15) is 0 Å². The van der Waals surface area contributed by atoms with E-state index in [0.29, 0.717) is 11.3 Å². The van der Waals surface area contributed by atoms with E-state index >= 15 is 0 Å². The molecule has 0 aliphatic heterocycles. The van der Waals surface area contributed by atoms with Crippen LogP contribution in [-0.4, -0.2) is 19.2 Å². The molecule has 1 aromatic heterocycles. The molecule has 2 rings (SSSR count). The first-order valence-corrected chi connectivity index (χ1v) is 5.66. The standard InChI is InChI=1S/C15H13NO3/c1-18-10-6-5-8-12-14(19-2)11-7-3-4-9-13(11)16-15(12)17/h3-4,6-7,9-10H,1-2H3,(H,16,17)/b10-6+. The number of H-pyrrole nitrogens is 1. The molecule has 0 aliphatic rings. The minimum atomic E-state index is -0.270. The van der Waals surface area contributed by atoms with Crippen molar-refractivity contribution in [2.24, 2.45) is 0 Å². The summed E-state index contributed by atoms with van der Waals surface area (Å²) in [4.78, 5) is 14.8. The number of pyridine rings is 1. The van der Waals surface area contributed by atoms with Crippen LogP contribution >= 0.6 is 0 Å². The predicted octanol–water partition coefficient (Wildman–Crippen LogP) is 2.05. The third kappa shape index (κ3) is 2.61. The monoisotopic (exact) mass is 255 g/mol. The molecular formula is C15H13NO3. The number of aromatic nitrogens is 1. The number of hydrogen-bond donors (Lipinski definition) is 1. The summed E-state index contributed by atoms with van der Waals surface area (Å²) in [5.41, 5.74) is 0.762. The van der Waals surface area contributed by atoms with Gasteiger partial charge in [-0.05, 0) is 12.1 Å². The van der Waals surface area contributed by atoms with Gasteiger partial charge in [0.05, 0.1) is 26.0 Å². The van der Waals surface area contributed by atoms with Gasteiger partial charge in [0, 0.05) is 11.5 Å². The molecule has 1 aromatic carbocycles. The van der Waals surface area contributed by atoms with E-state index in [9.17, 15) is 4.79 Å². The van der Waals surface area contributed by atoms with Crippen LogP contribution in [-0.2, 0) is 4.74 Å². The van der Waals surface area contributed by atoms with Crippen LogP contribution in [0.5, 0.6) is 5.75 Å². The molecule has 0 saturated heterocycles. The Morgan fingerprint density at radius 1 is 1.26 bits per heavy atom. The molecule has 0 atom stereocenters. The molecule has 0 saturated carbocycles. The van der Waals surface area contributed by atoms with Crippen molar-refractivity contribution in [3.05, 3.63) is 52.5 Å². The van der Waals surface area contributed by atoms with Crippen molar-refractivity contribution in [1.29, 1.82) is 0 Å². The van der Waals surface area contributed by atoms with Gasteiger partial charge in [0.15, 0.2) is 0 Å². The van der Waals surface area contributed by atoms with Crippen LogP contribution in [0.2, 0.25) is 0 Å². The Labute approximate surface area is 110 Å². The van der Waals surface area contributed by atoms with E-state index in [-0.39, 0.29) is 5.56 Å². The van der Waals surface area contributed by atoms with Crippen molar-refractivity contribution in [1.82, 2.24) is 4.98 Å². The van der Waals surface area contributed by atoms with Crippen LogP contribution in [0.25, 0.3) is 10.9 Å². The third-order valence-electron chi connectivity index (χ3n) is 2.56. The molecule has 1 N–H and O–H groups in total. The maximum atomic E-state index is 12.0. The lowest BCUT2D eigenvalue weighted by atomic mass is 10.1. The zero-order valence-corrected chi connectivity index (χ0v) is 10.7. The lowest BCUT2D eigenvalue weighted by Crippen LogP contribution is -2.12. The van der Waals surface area contributed by atoms with Crippen LogP contribution in [0.15, 0.2) is 41.4 Å². The van der Waals surface area contributed by atoms with Crippen LogP contribution < -0.4 is 10.3 Å². The SMILES string of the molecule is CO/C=C/C#Cc1c(OC)c2ccccc2[nH]c1=O. The van der Waals surface area contributed by atoms with Crippen molar-refractivity contribution in [2.75, 3.05) is 14.2 Å². The highest BCUT2D eigenvalue weighted by molar-refractivity contribution is 5.87. The van der Waals surface area contributed by atoms with Gasteiger partial charge < -0.3 is 14.5 Å². The predicted molar refractivity (Wildman–Crippen MR) is 74.1 cm³/mol. The zero-order chi connectivity index (χ0) is 13.7. The molecule has 4 heteroatoms. The second-order valence-corrected chi connectivity index (χ2v) is 3.72. The van der Waals surface area contributed by atoms with Crippen LogP contribution in [0.1, 0.15) is 5.56 Å². The number of nitrogens with one attached hydrogen (secondary N) is 1. The van der Waals surface area contributed by atoms with Crippen LogP contribution in [0, 0.1) is 11.8 Å². The molecule has 2 aromatic rings. The summed E-state index contributed by atoms with van der Waals surface area (Å²) < 4.78 is 10.1. The first-order chi connectivity index (χ1) is 9.27. The average molecular weight is 255 g/mol. The van der Waals surface area contributed by atoms with E-state index in [0.717, 1.165) is 10.9 Å². The maximum Gasteiger partial charge on any atom is 0.268 e. The molecule has 0 bridgehead atoms. The smallest absolute Gasteiger partial charge is 0.268 e. The number of ether oxygens (including phenoxy) is 2. The third-order valence-corrected chi connectivity index (χ3v) is 2.56. The van der Waals surface area contributed by atoms with E-state index in [1.54, 1.807) is 0 Å². The molecule has 0 aliphatic carbocycles. The van der Waals surface area contributed by atoms with Gasteiger partial charge in [-0.15, -0.1) is 0 Å². The molecule has 0 amide bonds.